The Hall–Kier alpha value is -2.22. The van der Waals surface area contributed by atoms with Gasteiger partial charge >= 0.3 is 0 Å². The largest absolute Gasteiger partial charge is 0.353 e. The van der Waals surface area contributed by atoms with E-state index in [1.807, 2.05) is 27.7 Å². The molecule has 2 amide bonds. The summed E-state index contributed by atoms with van der Waals surface area (Å²) in [6.45, 7) is 10.7. The lowest BCUT2D eigenvalue weighted by atomic mass is 10.1. The summed E-state index contributed by atoms with van der Waals surface area (Å²) in [5.74, 6) is 0.872. The van der Waals surface area contributed by atoms with Crippen LogP contribution >= 0.6 is 0 Å². The molecule has 0 saturated carbocycles. The molecule has 2 rings (SSSR count). The van der Waals surface area contributed by atoms with Gasteiger partial charge in [-0.2, -0.15) is 4.98 Å². The van der Waals surface area contributed by atoms with E-state index in [0.717, 1.165) is 6.54 Å². The molecule has 0 aliphatic carbocycles. The lowest BCUT2D eigenvalue weighted by molar-refractivity contribution is -0.139. The Bertz CT molecular complexity index is 651. The molecule has 1 fully saturated rings. The average Bonchev–Trinajstić information content (AvgIpc) is 3.07. The molecule has 0 radical (unpaired) electrons. The number of hydrogen-bond donors (Lipinski definition) is 1. The molecule has 1 N–H and O–H groups in total. The molecule has 1 atom stereocenters. The maximum atomic E-state index is 12.8. The molecule has 1 aliphatic heterocycles. The van der Waals surface area contributed by atoms with Crippen LogP contribution in [0, 0.1) is 0 Å². The van der Waals surface area contributed by atoms with E-state index in [-0.39, 0.29) is 24.8 Å². The van der Waals surface area contributed by atoms with Crippen molar-refractivity contribution < 1.29 is 14.1 Å². The SMILES string of the molecule is CCc1noc(CN(CC)C(=O)C[C@@H]2C(=O)NCCN2CC=C(C)C)n1. The summed E-state index contributed by atoms with van der Waals surface area (Å²) >= 11 is 0. The van der Waals surface area contributed by atoms with Gasteiger partial charge in [-0.05, 0) is 20.8 Å². The highest BCUT2D eigenvalue weighted by molar-refractivity contribution is 5.88. The Labute approximate surface area is 154 Å². The molecule has 144 valence electrons. The summed E-state index contributed by atoms with van der Waals surface area (Å²) in [6.07, 6.45) is 2.91. The Morgan fingerprint density at radius 3 is 2.81 bits per heavy atom. The van der Waals surface area contributed by atoms with E-state index in [1.165, 1.54) is 5.57 Å². The minimum atomic E-state index is -0.449. The number of allylic oxidation sites excluding steroid dienone is 1. The van der Waals surface area contributed by atoms with Crippen LogP contribution in [0.15, 0.2) is 16.2 Å². The Kier molecular flexibility index (Phi) is 7.32. The highest BCUT2D eigenvalue weighted by Gasteiger charge is 2.32. The van der Waals surface area contributed by atoms with Crippen LogP contribution in [0.1, 0.15) is 45.8 Å². The summed E-state index contributed by atoms with van der Waals surface area (Å²) in [7, 11) is 0. The number of nitrogens with one attached hydrogen (secondary N) is 1. The smallest absolute Gasteiger partial charge is 0.246 e. The lowest BCUT2D eigenvalue weighted by Gasteiger charge is -2.35. The maximum absolute atomic E-state index is 12.8. The number of aryl methyl sites for hydroxylation is 1. The number of piperazine rings is 1. The first-order chi connectivity index (χ1) is 12.4. The van der Waals surface area contributed by atoms with Gasteiger partial charge in [0.05, 0.1) is 19.0 Å². The van der Waals surface area contributed by atoms with Gasteiger partial charge in [-0.25, -0.2) is 0 Å². The first kappa shape index (κ1) is 20.1. The van der Waals surface area contributed by atoms with Crippen molar-refractivity contribution in [2.24, 2.45) is 0 Å². The third-order valence-corrected chi connectivity index (χ3v) is 4.43. The number of hydrogen-bond acceptors (Lipinski definition) is 6. The molecule has 0 spiro atoms. The third-order valence-electron chi connectivity index (χ3n) is 4.43. The fourth-order valence-electron chi connectivity index (χ4n) is 2.83. The highest BCUT2D eigenvalue weighted by atomic mass is 16.5. The van der Waals surface area contributed by atoms with Gasteiger partial charge in [0.15, 0.2) is 5.82 Å². The quantitative estimate of drug-likeness (QED) is 0.697. The molecule has 1 aromatic rings. The van der Waals surface area contributed by atoms with Crippen molar-refractivity contribution in [2.45, 2.75) is 53.1 Å². The molecular weight excluding hydrogens is 334 g/mol. The van der Waals surface area contributed by atoms with Crippen LogP contribution in [-0.4, -0.2) is 64.0 Å². The van der Waals surface area contributed by atoms with E-state index < -0.39 is 6.04 Å². The number of nitrogens with zero attached hydrogens (tertiary/aromatic N) is 4. The Balaban J connectivity index is 2.02. The lowest BCUT2D eigenvalue weighted by Crippen LogP contribution is -2.56. The topological polar surface area (TPSA) is 91.6 Å². The zero-order valence-corrected chi connectivity index (χ0v) is 16.1. The second kappa shape index (κ2) is 9.47. The van der Waals surface area contributed by atoms with Gasteiger partial charge in [0.25, 0.3) is 0 Å². The van der Waals surface area contributed by atoms with E-state index in [4.69, 9.17) is 4.52 Å². The van der Waals surface area contributed by atoms with Crippen molar-refractivity contribution in [3.63, 3.8) is 0 Å². The van der Waals surface area contributed by atoms with E-state index in [2.05, 4.69) is 26.4 Å². The van der Waals surface area contributed by atoms with E-state index >= 15 is 0 Å². The third kappa shape index (κ3) is 5.39. The van der Waals surface area contributed by atoms with E-state index in [0.29, 0.717) is 37.8 Å². The number of aromatic nitrogens is 2. The second-order valence-corrected chi connectivity index (χ2v) is 6.65. The zero-order valence-electron chi connectivity index (χ0n) is 16.1. The van der Waals surface area contributed by atoms with Gasteiger partial charge in [-0.1, -0.05) is 23.7 Å². The van der Waals surface area contributed by atoms with Crippen LogP contribution in [0.25, 0.3) is 0 Å². The molecule has 0 unspecified atom stereocenters. The molecule has 26 heavy (non-hydrogen) atoms. The first-order valence-electron chi connectivity index (χ1n) is 9.18. The normalized spacial score (nSPS) is 17.7. The summed E-state index contributed by atoms with van der Waals surface area (Å²) in [6, 6.07) is -0.449. The first-order valence-corrected chi connectivity index (χ1v) is 9.18. The number of carbonyl (C=O) groups is 2. The van der Waals surface area contributed by atoms with Crippen LogP contribution in [0.4, 0.5) is 0 Å². The molecule has 8 heteroatoms. The predicted molar refractivity (Wildman–Crippen MR) is 97.2 cm³/mol. The summed E-state index contributed by atoms with van der Waals surface area (Å²) in [5.41, 5.74) is 1.19. The van der Waals surface area contributed by atoms with Gasteiger partial charge in [0, 0.05) is 32.6 Å². The van der Waals surface area contributed by atoms with Gasteiger partial charge in [0.1, 0.15) is 0 Å². The fourth-order valence-corrected chi connectivity index (χ4v) is 2.83. The monoisotopic (exact) mass is 363 g/mol. The molecule has 2 heterocycles. The second-order valence-electron chi connectivity index (χ2n) is 6.65. The predicted octanol–water partition coefficient (Wildman–Crippen LogP) is 1.14. The number of carbonyl (C=O) groups excluding carboxylic acids is 2. The molecule has 0 aromatic carbocycles. The molecule has 8 nitrogen and oxygen atoms in total. The van der Waals surface area contributed by atoms with E-state index in [9.17, 15) is 9.59 Å². The van der Waals surface area contributed by atoms with Crippen LogP contribution in [-0.2, 0) is 22.6 Å². The standard InChI is InChI=1S/C18H29N5O3/c1-5-15-20-16(26-21-15)12-22(6-2)17(24)11-14-18(25)19-8-10-23(14)9-7-13(3)4/h7,14H,5-6,8-12H2,1-4H3,(H,19,25)/t14-/m1/s1. The molecule has 1 saturated heterocycles. The van der Waals surface area contributed by atoms with Gasteiger partial charge in [0.2, 0.25) is 17.7 Å². The molecular formula is C18H29N5O3. The number of amides is 2. The summed E-state index contributed by atoms with van der Waals surface area (Å²) in [4.78, 5) is 33.0. The van der Waals surface area contributed by atoms with Crippen molar-refractivity contribution in [3.8, 4) is 0 Å². The summed E-state index contributed by atoms with van der Waals surface area (Å²) in [5, 5.41) is 6.72. The van der Waals surface area contributed by atoms with Crippen molar-refractivity contribution in [3.05, 3.63) is 23.4 Å². The highest BCUT2D eigenvalue weighted by Crippen LogP contribution is 2.13. The van der Waals surface area contributed by atoms with Crippen LogP contribution < -0.4 is 5.32 Å². The van der Waals surface area contributed by atoms with Crippen molar-refractivity contribution in [2.75, 3.05) is 26.2 Å². The minimum absolute atomic E-state index is 0.0890. The van der Waals surface area contributed by atoms with E-state index in [1.54, 1.807) is 4.90 Å². The molecule has 0 bridgehead atoms. The fraction of sp³-hybridized carbons (Fsp3) is 0.667. The van der Waals surface area contributed by atoms with Gasteiger partial charge in [-0.3, -0.25) is 14.5 Å². The van der Waals surface area contributed by atoms with Crippen molar-refractivity contribution in [1.29, 1.82) is 0 Å². The Morgan fingerprint density at radius 1 is 1.42 bits per heavy atom. The maximum Gasteiger partial charge on any atom is 0.246 e. The van der Waals surface area contributed by atoms with Crippen LogP contribution in [0.2, 0.25) is 0 Å². The Morgan fingerprint density at radius 2 is 2.19 bits per heavy atom. The molecule has 1 aliphatic rings. The number of rotatable bonds is 8. The minimum Gasteiger partial charge on any atom is -0.353 e. The molecule has 1 aromatic heterocycles. The van der Waals surface area contributed by atoms with Crippen molar-refractivity contribution >= 4 is 11.8 Å². The van der Waals surface area contributed by atoms with Crippen LogP contribution in [0.5, 0.6) is 0 Å². The average molecular weight is 363 g/mol. The summed E-state index contributed by atoms with van der Waals surface area (Å²) < 4.78 is 5.18. The van der Waals surface area contributed by atoms with Crippen molar-refractivity contribution in [1.82, 2.24) is 25.3 Å². The van der Waals surface area contributed by atoms with Gasteiger partial charge < -0.3 is 14.7 Å². The van der Waals surface area contributed by atoms with Gasteiger partial charge in [-0.15, -0.1) is 0 Å². The zero-order chi connectivity index (χ0) is 19.1. The van der Waals surface area contributed by atoms with Crippen LogP contribution in [0.3, 0.4) is 0 Å².